The Morgan fingerprint density at radius 3 is 2.70 bits per heavy atom. The molecule has 0 bridgehead atoms. The molecule has 1 N–H and O–H groups in total. The lowest BCUT2D eigenvalue weighted by Gasteiger charge is -2.08. The van der Waals surface area contributed by atoms with Crippen LogP contribution in [0.25, 0.3) is 11.3 Å². The second kappa shape index (κ2) is 9.62. The summed E-state index contributed by atoms with van der Waals surface area (Å²) in [5, 5.41) is 11.2. The van der Waals surface area contributed by atoms with Crippen LogP contribution in [0.4, 0.5) is 13.2 Å². The van der Waals surface area contributed by atoms with Gasteiger partial charge in [0.25, 0.3) is 0 Å². The van der Waals surface area contributed by atoms with Gasteiger partial charge < -0.3 is 9.73 Å². The Bertz CT molecular complexity index is 1260. The number of nitrogens with one attached hydrogen (secondary N) is 1. The number of thioether (sulfide) groups is 1. The maximum Gasteiger partial charge on any atom is 0.416 e. The van der Waals surface area contributed by atoms with Crippen molar-refractivity contribution < 1.29 is 22.4 Å². The number of carbonyl (C=O) groups is 1. The van der Waals surface area contributed by atoms with Crippen LogP contribution < -0.4 is 5.32 Å². The van der Waals surface area contributed by atoms with Crippen molar-refractivity contribution in [1.29, 1.82) is 0 Å². The maximum absolute atomic E-state index is 12.9. The number of furan rings is 1. The summed E-state index contributed by atoms with van der Waals surface area (Å²) in [4.78, 5) is 12.2. The van der Waals surface area contributed by atoms with Gasteiger partial charge in [0, 0.05) is 5.56 Å². The fourth-order valence-corrected chi connectivity index (χ4v) is 4.41. The molecule has 2 heterocycles. The second-order valence-corrected chi connectivity index (χ2v) is 8.92. The van der Waals surface area contributed by atoms with Crippen LogP contribution in [0.15, 0.2) is 69.2 Å². The summed E-state index contributed by atoms with van der Waals surface area (Å²) in [6.45, 7) is 0. The molecular formula is C22H14Cl2F3N3O2S. The first-order valence-corrected chi connectivity index (χ1v) is 11.1. The van der Waals surface area contributed by atoms with Crippen molar-refractivity contribution >= 4 is 52.3 Å². The van der Waals surface area contributed by atoms with Crippen LogP contribution in [-0.4, -0.2) is 22.5 Å². The molecule has 0 unspecified atom stereocenters. The monoisotopic (exact) mass is 511 g/mol. The van der Waals surface area contributed by atoms with Gasteiger partial charge in [-0.25, -0.2) is 0 Å². The number of alkyl halides is 3. The first-order valence-electron chi connectivity index (χ1n) is 9.49. The predicted octanol–water partition coefficient (Wildman–Crippen LogP) is 6.44. The van der Waals surface area contributed by atoms with Gasteiger partial charge in [-0.1, -0.05) is 59.2 Å². The van der Waals surface area contributed by atoms with E-state index in [0.717, 1.165) is 17.7 Å². The Balaban J connectivity index is 1.41. The topological polar surface area (TPSA) is 67.0 Å². The lowest BCUT2D eigenvalue weighted by atomic mass is 10.1. The zero-order valence-electron chi connectivity index (χ0n) is 16.6. The van der Waals surface area contributed by atoms with Crippen molar-refractivity contribution in [1.82, 2.24) is 5.32 Å². The molecule has 0 saturated carbocycles. The number of amidine groups is 1. The fourth-order valence-electron chi connectivity index (χ4n) is 3.06. The Labute approximate surface area is 200 Å². The Hall–Kier alpha value is -2.75. The van der Waals surface area contributed by atoms with Crippen molar-refractivity contribution in [3.63, 3.8) is 0 Å². The standard InChI is InChI=1S/C22H14Cl2F3N3O2S/c23-16-6-2-4-13(19(16)24)10-18-20(31)29-21(33-18)30-28-11-15-7-8-17(32-15)12-3-1-5-14(9-12)22(25,26)27/h1-9,11,18H,10H2,(H,29,30,31)/b28-11-/t18-/m1/s1. The summed E-state index contributed by atoms with van der Waals surface area (Å²) < 4.78 is 44.3. The number of hydrogen-bond acceptors (Lipinski definition) is 5. The van der Waals surface area contributed by atoms with E-state index in [2.05, 4.69) is 15.5 Å². The van der Waals surface area contributed by atoms with E-state index in [0.29, 0.717) is 27.4 Å². The van der Waals surface area contributed by atoms with E-state index in [1.807, 2.05) is 0 Å². The van der Waals surface area contributed by atoms with E-state index in [1.54, 1.807) is 30.3 Å². The minimum Gasteiger partial charge on any atom is -0.455 e. The summed E-state index contributed by atoms with van der Waals surface area (Å²) in [5.41, 5.74) is 0.275. The summed E-state index contributed by atoms with van der Waals surface area (Å²) in [7, 11) is 0. The van der Waals surface area contributed by atoms with Gasteiger partial charge in [-0.15, -0.1) is 5.10 Å². The third-order valence-corrected chi connectivity index (χ3v) is 6.58. The molecule has 0 spiro atoms. The SMILES string of the molecule is O=C1N/C(=N\N=C/c2ccc(-c3cccc(C(F)(F)F)c3)o2)S[C@@H]1Cc1cccc(Cl)c1Cl. The molecule has 4 rings (SSSR count). The lowest BCUT2D eigenvalue weighted by molar-refractivity contribution is -0.137. The highest BCUT2D eigenvalue weighted by molar-refractivity contribution is 8.15. The molecule has 5 nitrogen and oxygen atoms in total. The van der Waals surface area contributed by atoms with E-state index in [1.165, 1.54) is 30.1 Å². The van der Waals surface area contributed by atoms with Crippen molar-refractivity contribution in [3.05, 3.63) is 81.5 Å². The predicted molar refractivity (Wildman–Crippen MR) is 124 cm³/mol. The normalized spacial score (nSPS) is 17.8. The third-order valence-electron chi connectivity index (χ3n) is 4.65. The first-order chi connectivity index (χ1) is 15.7. The van der Waals surface area contributed by atoms with E-state index in [9.17, 15) is 18.0 Å². The minimum absolute atomic E-state index is 0.227. The van der Waals surface area contributed by atoms with Gasteiger partial charge in [0.15, 0.2) is 5.17 Å². The highest BCUT2D eigenvalue weighted by atomic mass is 35.5. The van der Waals surface area contributed by atoms with E-state index < -0.39 is 17.0 Å². The number of benzene rings is 2. The van der Waals surface area contributed by atoms with Gasteiger partial charge in [0.2, 0.25) is 5.91 Å². The minimum atomic E-state index is -4.44. The highest BCUT2D eigenvalue weighted by Crippen LogP contribution is 2.33. The molecule has 33 heavy (non-hydrogen) atoms. The number of carbonyl (C=O) groups excluding carboxylic acids is 1. The Kier molecular flexibility index (Phi) is 6.83. The van der Waals surface area contributed by atoms with Gasteiger partial charge in [0.1, 0.15) is 11.5 Å². The van der Waals surface area contributed by atoms with Crippen LogP contribution in [0.1, 0.15) is 16.9 Å². The summed E-state index contributed by atoms with van der Waals surface area (Å²) in [6, 6.07) is 13.2. The van der Waals surface area contributed by atoms with Crippen LogP contribution in [0.2, 0.25) is 10.0 Å². The largest absolute Gasteiger partial charge is 0.455 e. The van der Waals surface area contributed by atoms with Gasteiger partial charge in [-0.2, -0.15) is 18.3 Å². The molecule has 2 aromatic carbocycles. The lowest BCUT2D eigenvalue weighted by Crippen LogP contribution is -2.26. The molecule has 1 atom stereocenters. The average Bonchev–Trinajstić information content (AvgIpc) is 3.38. The van der Waals surface area contributed by atoms with Crippen molar-refractivity contribution in [2.45, 2.75) is 17.8 Å². The van der Waals surface area contributed by atoms with Gasteiger partial charge >= 0.3 is 6.18 Å². The Morgan fingerprint density at radius 2 is 1.91 bits per heavy atom. The first kappa shape index (κ1) is 23.4. The van der Waals surface area contributed by atoms with Crippen LogP contribution in [0, 0.1) is 0 Å². The summed E-state index contributed by atoms with van der Waals surface area (Å²) >= 11 is 13.4. The van der Waals surface area contributed by atoms with Crippen molar-refractivity contribution in [2.24, 2.45) is 10.2 Å². The highest BCUT2D eigenvalue weighted by Gasteiger charge is 2.31. The molecule has 0 aliphatic carbocycles. The quantitative estimate of drug-likeness (QED) is 0.316. The molecule has 1 aliphatic rings. The number of nitrogens with zero attached hydrogens (tertiary/aromatic N) is 2. The zero-order chi connectivity index (χ0) is 23.6. The molecular weight excluding hydrogens is 498 g/mol. The van der Waals surface area contributed by atoms with E-state index in [4.69, 9.17) is 27.6 Å². The van der Waals surface area contributed by atoms with Crippen LogP contribution in [-0.2, 0) is 17.4 Å². The van der Waals surface area contributed by atoms with Crippen LogP contribution >= 0.6 is 35.0 Å². The van der Waals surface area contributed by atoms with Crippen molar-refractivity contribution in [3.8, 4) is 11.3 Å². The fraction of sp³-hybridized carbons (Fsp3) is 0.136. The molecule has 0 radical (unpaired) electrons. The van der Waals surface area contributed by atoms with E-state index in [-0.39, 0.29) is 17.2 Å². The third kappa shape index (κ3) is 5.61. The van der Waals surface area contributed by atoms with Gasteiger partial charge in [-0.05, 0) is 42.3 Å². The van der Waals surface area contributed by atoms with Gasteiger partial charge in [-0.3, -0.25) is 4.79 Å². The number of amides is 1. The number of rotatable bonds is 5. The van der Waals surface area contributed by atoms with Gasteiger partial charge in [0.05, 0.1) is 27.1 Å². The van der Waals surface area contributed by atoms with Crippen LogP contribution in [0.5, 0.6) is 0 Å². The molecule has 3 aromatic rings. The number of halogens is 5. The Morgan fingerprint density at radius 1 is 1.12 bits per heavy atom. The van der Waals surface area contributed by atoms with Crippen molar-refractivity contribution in [2.75, 3.05) is 0 Å². The maximum atomic E-state index is 12.9. The molecule has 1 amide bonds. The second-order valence-electron chi connectivity index (χ2n) is 6.94. The summed E-state index contributed by atoms with van der Waals surface area (Å²) in [5.74, 6) is 0.329. The van der Waals surface area contributed by atoms with Crippen LogP contribution in [0.3, 0.4) is 0 Å². The molecule has 1 aromatic heterocycles. The molecule has 1 aliphatic heterocycles. The summed E-state index contributed by atoms with van der Waals surface area (Å²) in [6.07, 6.45) is -2.77. The molecule has 11 heteroatoms. The average molecular weight is 512 g/mol. The molecule has 1 saturated heterocycles. The van der Waals surface area contributed by atoms with E-state index >= 15 is 0 Å². The molecule has 170 valence electrons. The zero-order valence-corrected chi connectivity index (χ0v) is 18.9. The number of hydrogen-bond donors (Lipinski definition) is 1. The smallest absolute Gasteiger partial charge is 0.416 e. The molecule has 1 fully saturated rings.